The fourth-order valence-electron chi connectivity index (χ4n) is 2.93. The van der Waals surface area contributed by atoms with Crippen LogP contribution in [0.1, 0.15) is 15.9 Å². The number of nitrogens with one attached hydrogen (secondary N) is 1. The maximum absolute atomic E-state index is 12.6. The number of carbonyl (C=O) groups excluding carboxylic acids is 1. The van der Waals surface area contributed by atoms with Gasteiger partial charge >= 0.3 is 0 Å². The first-order chi connectivity index (χ1) is 13.9. The van der Waals surface area contributed by atoms with Gasteiger partial charge in [-0.3, -0.25) is 14.9 Å². The molecule has 0 spiro atoms. The normalized spacial score (nSPS) is 10.8. The average molecular weight is 408 g/mol. The van der Waals surface area contributed by atoms with Crippen LogP contribution in [0.25, 0.3) is 22.6 Å². The van der Waals surface area contributed by atoms with E-state index in [1.165, 1.54) is 18.2 Å². The van der Waals surface area contributed by atoms with Crippen molar-refractivity contribution in [2.45, 2.75) is 6.92 Å². The lowest BCUT2D eigenvalue weighted by Gasteiger charge is -2.09. The Morgan fingerprint density at radius 2 is 1.93 bits per heavy atom. The van der Waals surface area contributed by atoms with Gasteiger partial charge in [0.1, 0.15) is 11.1 Å². The first kappa shape index (κ1) is 18.6. The highest BCUT2D eigenvalue weighted by Crippen LogP contribution is 2.31. The van der Waals surface area contributed by atoms with Crippen molar-refractivity contribution in [2.75, 3.05) is 5.32 Å². The highest BCUT2D eigenvalue weighted by Gasteiger charge is 2.20. The number of nitrogens with zero attached hydrogens (tertiary/aromatic N) is 2. The number of benzene rings is 3. The molecule has 0 atom stereocenters. The number of anilines is 1. The molecule has 4 aromatic rings. The number of oxazole rings is 1. The third-order valence-corrected chi connectivity index (χ3v) is 4.68. The van der Waals surface area contributed by atoms with Crippen LogP contribution >= 0.6 is 11.6 Å². The van der Waals surface area contributed by atoms with Crippen LogP contribution in [0.5, 0.6) is 0 Å². The third kappa shape index (κ3) is 3.68. The number of aromatic nitrogens is 1. The largest absolute Gasteiger partial charge is 0.436 e. The summed E-state index contributed by atoms with van der Waals surface area (Å²) in [5.74, 6) is -0.256. The third-order valence-electron chi connectivity index (χ3n) is 4.35. The SMILES string of the molecule is Cc1ccc2oc(-c3ccc(Cl)c(NC(=O)c4ccccc4[N+](=O)[O-])c3)nc2c1. The molecule has 1 heterocycles. The van der Waals surface area contributed by atoms with Gasteiger partial charge < -0.3 is 9.73 Å². The van der Waals surface area contributed by atoms with Crippen LogP contribution < -0.4 is 5.32 Å². The molecule has 1 aromatic heterocycles. The number of nitro benzene ring substituents is 1. The van der Waals surface area contributed by atoms with Gasteiger partial charge in [0.15, 0.2) is 5.58 Å². The minimum absolute atomic E-state index is 0.0590. The summed E-state index contributed by atoms with van der Waals surface area (Å²) >= 11 is 6.22. The summed E-state index contributed by atoms with van der Waals surface area (Å²) in [6, 6.07) is 16.3. The highest BCUT2D eigenvalue weighted by atomic mass is 35.5. The van der Waals surface area contributed by atoms with Gasteiger partial charge in [-0.05, 0) is 48.9 Å². The predicted octanol–water partition coefficient (Wildman–Crippen LogP) is 5.62. The van der Waals surface area contributed by atoms with Crippen molar-refractivity contribution < 1.29 is 14.1 Å². The zero-order chi connectivity index (χ0) is 20.5. The van der Waals surface area contributed by atoms with Gasteiger partial charge in [0, 0.05) is 11.6 Å². The van der Waals surface area contributed by atoms with Crippen LogP contribution in [-0.2, 0) is 0 Å². The molecule has 0 aliphatic carbocycles. The molecule has 7 nitrogen and oxygen atoms in total. The Balaban J connectivity index is 1.68. The Hall–Kier alpha value is -3.71. The van der Waals surface area contributed by atoms with Gasteiger partial charge in [-0.2, -0.15) is 0 Å². The van der Waals surface area contributed by atoms with E-state index in [2.05, 4.69) is 10.3 Å². The Bertz CT molecular complexity index is 1270. The Morgan fingerprint density at radius 3 is 2.72 bits per heavy atom. The highest BCUT2D eigenvalue weighted by molar-refractivity contribution is 6.34. The van der Waals surface area contributed by atoms with Gasteiger partial charge in [-0.1, -0.05) is 29.8 Å². The van der Waals surface area contributed by atoms with Crippen molar-refractivity contribution in [1.82, 2.24) is 4.98 Å². The van der Waals surface area contributed by atoms with Crippen LogP contribution in [0.3, 0.4) is 0 Å². The number of carbonyl (C=O) groups is 1. The standard InChI is InChI=1S/C21H14ClN3O4/c1-12-6-9-19-17(10-12)24-21(29-19)13-7-8-15(22)16(11-13)23-20(26)14-4-2-3-5-18(14)25(27)28/h2-11H,1H3,(H,23,26). The van der Waals surface area contributed by atoms with E-state index < -0.39 is 10.8 Å². The first-order valence-electron chi connectivity index (χ1n) is 8.64. The van der Waals surface area contributed by atoms with Gasteiger partial charge in [0.2, 0.25) is 5.89 Å². The zero-order valence-corrected chi connectivity index (χ0v) is 15.9. The Morgan fingerprint density at radius 1 is 1.14 bits per heavy atom. The lowest BCUT2D eigenvalue weighted by Crippen LogP contribution is -2.14. The molecule has 0 bridgehead atoms. The van der Waals surface area contributed by atoms with Crippen molar-refractivity contribution in [3.63, 3.8) is 0 Å². The molecule has 1 N–H and O–H groups in total. The summed E-state index contributed by atoms with van der Waals surface area (Å²) < 4.78 is 5.79. The minimum Gasteiger partial charge on any atom is -0.436 e. The molecule has 3 aromatic carbocycles. The number of aryl methyl sites for hydroxylation is 1. The van der Waals surface area contributed by atoms with Crippen molar-refractivity contribution in [2.24, 2.45) is 0 Å². The van der Waals surface area contributed by atoms with Crippen molar-refractivity contribution in [3.8, 4) is 11.5 Å². The molecule has 1 amide bonds. The number of hydrogen-bond acceptors (Lipinski definition) is 5. The molecular formula is C21H14ClN3O4. The lowest BCUT2D eigenvalue weighted by atomic mass is 10.1. The van der Waals surface area contributed by atoms with E-state index in [1.54, 1.807) is 24.3 Å². The van der Waals surface area contributed by atoms with Crippen molar-refractivity contribution >= 4 is 40.0 Å². The average Bonchev–Trinajstić information content (AvgIpc) is 3.12. The van der Waals surface area contributed by atoms with E-state index in [4.69, 9.17) is 16.0 Å². The number of rotatable bonds is 4. The molecule has 144 valence electrons. The van der Waals surface area contributed by atoms with E-state index in [0.717, 1.165) is 11.1 Å². The van der Waals surface area contributed by atoms with E-state index in [1.807, 2.05) is 25.1 Å². The van der Waals surface area contributed by atoms with Gasteiger partial charge in [-0.25, -0.2) is 4.98 Å². The van der Waals surface area contributed by atoms with E-state index in [-0.39, 0.29) is 16.3 Å². The summed E-state index contributed by atoms with van der Waals surface area (Å²) in [4.78, 5) is 27.7. The molecular weight excluding hydrogens is 394 g/mol. The van der Waals surface area contributed by atoms with Crippen LogP contribution in [-0.4, -0.2) is 15.8 Å². The maximum atomic E-state index is 12.6. The molecule has 4 rings (SSSR count). The number of halogens is 1. The van der Waals surface area contributed by atoms with Crippen LogP contribution in [0.4, 0.5) is 11.4 Å². The molecule has 0 fully saturated rings. The molecule has 29 heavy (non-hydrogen) atoms. The Kier molecular flexibility index (Phi) is 4.74. The smallest absolute Gasteiger partial charge is 0.282 e. The van der Waals surface area contributed by atoms with E-state index in [9.17, 15) is 14.9 Å². The summed E-state index contributed by atoms with van der Waals surface area (Å²) in [6.07, 6.45) is 0. The molecule has 0 unspecified atom stereocenters. The second-order valence-electron chi connectivity index (χ2n) is 6.41. The second-order valence-corrected chi connectivity index (χ2v) is 6.82. The summed E-state index contributed by atoms with van der Waals surface area (Å²) in [7, 11) is 0. The Labute approximate surface area is 170 Å². The zero-order valence-electron chi connectivity index (χ0n) is 15.2. The molecule has 0 saturated heterocycles. The van der Waals surface area contributed by atoms with Crippen LogP contribution in [0.2, 0.25) is 5.02 Å². The number of para-hydroxylation sites is 1. The topological polar surface area (TPSA) is 98.3 Å². The van der Waals surface area contributed by atoms with E-state index in [0.29, 0.717) is 22.7 Å². The van der Waals surface area contributed by atoms with Gasteiger partial charge in [0.05, 0.1) is 15.6 Å². The maximum Gasteiger partial charge on any atom is 0.282 e. The summed E-state index contributed by atoms with van der Waals surface area (Å²) in [5, 5.41) is 14.1. The predicted molar refractivity (Wildman–Crippen MR) is 110 cm³/mol. The monoisotopic (exact) mass is 407 g/mol. The number of amides is 1. The van der Waals surface area contributed by atoms with Gasteiger partial charge in [-0.15, -0.1) is 0 Å². The first-order valence-corrected chi connectivity index (χ1v) is 9.02. The van der Waals surface area contributed by atoms with Crippen molar-refractivity contribution in [1.29, 1.82) is 0 Å². The number of hydrogen-bond donors (Lipinski definition) is 1. The fraction of sp³-hybridized carbons (Fsp3) is 0.0476. The molecule has 0 aliphatic heterocycles. The van der Waals surface area contributed by atoms with Crippen molar-refractivity contribution in [3.05, 3.63) is 86.9 Å². The fourth-order valence-corrected chi connectivity index (χ4v) is 3.09. The second kappa shape index (κ2) is 7.37. The lowest BCUT2D eigenvalue weighted by molar-refractivity contribution is -0.385. The molecule has 0 saturated carbocycles. The minimum atomic E-state index is -0.635. The van der Waals surface area contributed by atoms with Crippen LogP contribution in [0.15, 0.2) is 65.1 Å². The number of nitro groups is 1. The summed E-state index contributed by atoms with van der Waals surface area (Å²) in [5.41, 5.74) is 2.99. The van der Waals surface area contributed by atoms with E-state index >= 15 is 0 Å². The summed E-state index contributed by atoms with van der Waals surface area (Å²) in [6.45, 7) is 1.96. The van der Waals surface area contributed by atoms with Gasteiger partial charge in [0.25, 0.3) is 11.6 Å². The number of fused-ring (bicyclic) bond motifs is 1. The van der Waals surface area contributed by atoms with Crippen LogP contribution in [0, 0.1) is 17.0 Å². The molecule has 0 aliphatic rings. The molecule has 0 radical (unpaired) electrons. The molecule has 8 heteroatoms. The quantitative estimate of drug-likeness (QED) is 0.350.